The van der Waals surface area contributed by atoms with Crippen molar-refractivity contribution in [3.05, 3.63) is 35.9 Å². The largest absolute Gasteiger partial charge is 0.290 e. The normalized spacial score (nSPS) is 20.2. The second-order valence-corrected chi connectivity index (χ2v) is 5.72. The molecule has 2 amide bonds. The first kappa shape index (κ1) is 14.8. The van der Waals surface area contributed by atoms with Crippen LogP contribution in [0.4, 0.5) is 0 Å². The first-order valence-electron chi connectivity index (χ1n) is 6.53. The molecule has 110 valence electrons. The van der Waals surface area contributed by atoms with Gasteiger partial charge in [0, 0.05) is 5.56 Å². The molecule has 0 fully saturated rings. The molecule has 1 atom stereocenters. The van der Waals surface area contributed by atoms with Gasteiger partial charge < -0.3 is 0 Å². The summed E-state index contributed by atoms with van der Waals surface area (Å²) in [6.45, 7) is 5.70. The maximum absolute atomic E-state index is 11.9. The van der Waals surface area contributed by atoms with Crippen molar-refractivity contribution in [2.75, 3.05) is 0 Å². The summed E-state index contributed by atoms with van der Waals surface area (Å²) in [5.41, 5.74) is 2.46. The highest BCUT2D eigenvalue weighted by molar-refractivity contribution is 6.02. The highest BCUT2D eigenvalue weighted by Crippen LogP contribution is 2.24. The molecule has 0 aromatic heterocycles. The van der Waals surface area contributed by atoms with Crippen molar-refractivity contribution >= 4 is 17.8 Å². The molecule has 0 bridgehead atoms. The van der Waals surface area contributed by atoms with Crippen molar-refractivity contribution in [3.63, 3.8) is 0 Å². The van der Waals surface area contributed by atoms with Crippen LogP contribution in [0.2, 0.25) is 0 Å². The molecule has 0 spiro atoms. The van der Waals surface area contributed by atoms with Gasteiger partial charge in [0.2, 0.25) is 0 Å². The van der Waals surface area contributed by atoms with E-state index in [-0.39, 0.29) is 23.2 Å². The Morgan fingerprint density at radius 3 is 2.52 bits per heavy atom. The number of hydrazone groups is 1. The minimum atomic E-state index is -0.568. The van der Waals surface area contributed by atoms with E-state index >= 15 is 0 Å². The lowest BCUT2D eigenvalue weighted by Gasteiger charge is -2.27. The number of benzene rings is 1. The number of guanidine groups is 1. The standard InChI is InChI=1S/C14H17N5O2/c1-14(2,3)10-12(21)15-13(18-16-10)19-17-11(20)9-7-5-4-6-8-9/h4-8,10H,1-3H3,(H,17,20)(H,15,19,21). The summed E-state index contributed by atoms with van der Waals surface area (Å²) in [6, 6.07) is 8.06. The van der Waals surface area contributed by atoms with Crippen molar-refractivity contribution in [2.45, 2.75) is 26.8 Å². The zero-order valence-corrected chi connectivity index (χ0v) is 12.1. The summed E-state index contributed by atoms with van der Waals surface area (Å²) in [6.07, 6.45) is 0. The van der Waals surface area contributed by atoms with Crippen LogP contribution in [0, 0.1) is 5.41 Å². The Bertz CT molecular complexity index is 602. The van der Waals surface area contributed by atoms with Gasteiger partial charge in [0.25, 0.3) is 17.8 Å². The summed E-state index contributed by atoms with van der Waals surface area (Å²) in [5, 5.41) is 14.0. The first-order chi connectivity index (χ1) is 9.88. The lowest BCUT2D eigenvalue weighted by atomic mass is 9.86. The van der Waals surface area contributed by atoms with Crippen molar-refractivity contribution in [1.29, 1.82) is 0 Å². The number of hydrogen-bond acceptors (Lipinski definition) is 4. The second-order valence-electron chi connectivity index (χ2n) is 5.72. The van der Waals surface area contributed by atoms with Crippen LogP contribution in [0.1, 0.15) is 31.1 Å². The molecule has 2 N–H and O–H groups in total. The van der Waals surface area contributed by atoms with Gasteiger partial charge in [-0.25, -0.2) is 5.43 Å². The maximum Gasteiger partial charge on any atom is 0.271 e. The Morgan fingerprint density at radius 2 is 1.95 bits per heavy atom. The van der Waals surface area contributed by atoms with E-state index in [0.717, 1.165) is 0 Å². The fraction of sp³-hybridized carbons (Fsp3) is 0.357. The summed E-state index contributed by atoms with van der Waals surface area (Å²) in [4.78, 5) is 23.7. The Labute approximate surface area is 122 Å². The monoisotopic (exact) mass is 287 g/mol. The Kier molecular flexibility index (Phi) is 4.11. The third-order valence-corrected chi connectivity index (χ3v) is 2.87. The van der Waals surface area contributed by atoms with Gasteiger partial charge in [0.1, 0.15) is 0 Å². The quantitative estimate of drug-likeness (QED) is 0.809. The van der Waals surface area contributed by atoms with Gasteiger partial charge in [-0.05, 0) is 17.5 Å². The average Bonchev–Trinajstić information content (AvgIpc) is 2.44. The summed E-state index contributed by atoms with van der Waals surface area (Å²) in [7, 11) is 0. The number of hydrogen-bond donors (Lipinski definition) is 2. The number of carbonyl (C=O) groups excluding carboxylic acids is 2. The Balaban J connectivity index is 2.04. The lowest BCUT2D eigenvalue weighted by Crippen LogP contribution is -2.46. The molecule has 1 aromatic rings. The summed E-state index contributed by atoms with van der Waals surface area (Å²) < 4.78 is 0. The van der Waals surface area contributed by atoms with E-state index in [9.17, 15) is 9.59 Å². The molecule has 0 saturated carbocycles. The van der Waals surface area contributed by atoms with Crippen LogP contribution in [0.3, 0.4) is 0 Å². The molecule has 7 heteroatoms. The number of amides is 2. The highest BCUT2D eigenvalue weighted by Gasteiger charge is 2.34. The second kappa shape index (κ2) is 5.82. The molecular formula is C14H17N5O2. The molecule has 0 radical (unpaired) electrons. The molecule has 0 saturated heterocycles. The molecule has 21 heavy (non-hydrogen) atoms. The van der Waals surface area contributed by atoms with E-state index in [0.29, 0.717) is 5.56 Å². The number of nitrogens with zero attached hydrogens (tertiary/aromatic N) is 3. The number of azo groups is 1. The van der Waals surface area contributed by atoms with Gasteiger partial charge in [0.15, 0.2) is 6.04 Å². The third kappa shape index (κ3) is 3.71. The van der Waals surface area contributed by atoms with Gasteiger partial charge in [-0.1, -0.05) is 39.0 Å². The fourth-order valence-electron chi connectivity index (χ4n) is 1.74. The molecule has 1 aromatic carbocycles. The van der Waals surface area contributed by atoms with E-state index in [4.69, 9.17) is 0 Å². The minimum Gasteiger partial charge on any atom is -0.290 e. The lowest BCUT2D eigenvalue weighted by molar-refractivity contribution is -0.123. The zero-order chi connectivity index (χ0) is 15.5. The summed E-state index contributed by atoms with van der Waals surface area (Å²) >= 11 is 0. The van der Waals surface area contributed by atoms with Gasteiger partial charge in [-0.15, -0.1) is 10.2 Å². The van der Waals surface area contributed by atoms with Gasteiger partial charge >= 0.3 is 0 Å². The van der Waals surface area contributed by atoms with Crippen LogP contribution >= 0.6 is 0 Å². The van der Waals surface area contributed by atoms with E-state index in [1.54, 1.807) is 24.3 Å². The highest BCUT2D eigenvalue weighted by atomic mass is 16.2. The number of nitrogens with one attached hydrogen (secondary N) is 2. The van der Waals surface area contributed by atoms with Crippen LogP contribution < -0.4 is 10.7 Å². The number of rotatable bonds is 2. The topological polar surface area (TPSA) is 95.3 Å². The van der Waals surface area contributed by atoms with E-state index < -0.39 is 6.04 Å². The molecular weight excluding hydrogens is 270 g/mol. The smallest absolute Gasteiger partial charge is 0.271 e. The van der Waals surface area contributed by atoms with Crippen LogP contribution in [0.5, 0.6) is 0 Å². The fourth-order valence-corrected chi connectivity index (χ4v) is 1.74. The van der Waals surface area contributed by atoms with E-state index in [1.807, 2.05) is 26.8 Å². The minimum absolute atomic E-state index is 0.0234. The average molecular weight is 287 g/mol. The predicted octanol–water partition coefficient (Wildman–Crippen LogP) is 1.68. The first-order valence-corrected chi connectivity index (χ1v) is 6.53. The van der Waals surface area contributed by atoms with Crippen LogP contribution in [0.15, 0.2) is 45.7 Å². The Hall–Kier alpha value is -2.57. The zero-order valence-electron chi connectivity index (χ0n) is 12.1. The van der Waals surface area contributed by atoms with E-state index in [1.165, 1.54) is 0 Å². The van der Waals surface area contributed by atoms with Crippen molar-refractivity contribution < 1.29 is 9.59 Å². The molecule has 1 heterocycles. The molecule has 0 aliphatic carbocycles. The third-order valence-electron chi connectivity index (χ3n) is 2.87. The van der Waals surface area contributed by atoms with Crippen molar-refractivity contribution in [1.82, 2.24) is 10.7 Å². The molecule has 1 aliphatic heterocycles. The molecule has 1 unspecified atom stereocenters. The SMILES string of the molecule is CC(C)(C)C1N=N/C(=N\NC(=O)c2ccccc2)NC1=O. The predicted molar refractivity (Wildman–Crippen MR) is 77.6 cm³/mol. The molecule has 7 nitrogen and oxygen atoms in total. The Morgan fingerprint density at radius 1 is 1.29 bits per heavy atom. The van der Waals surface area contributed by atoms with Crippen molar-refractivity contribution in [2.24, 2.45) is 20.7 Å². The maximum atomic E-state index is 11.9. The number of carbonyl (C=O) groups is 2. The van der Waals surface area contributed by atoms with E-state index in [2.05, 4.69) is 26.1 Å². The van der Waals surface area contributed by atoms with Crippen LogP contribution in [0.25, 0.3) is 0 Å². The van der Waals surface area contributed by atoms with Gasteiger partial charge in [-0.2, -0.15) is 5.11 Å². The molecule has 1 aliphatic rings. The van der Waals surface area contributed by atoms with Crippen LogP contribution in [-0.2, 0) is 4.79 Å². The molecule has 2 rings (SSSR count). The van der Waals surface area contributed by atoms with Gasteiger partial charge in [-0.3, -0.25) is 14.9 Å². The summed E-state index contributed by atoms with van der Waals surface area (Å²) in [5.74, 6) is -0.694. The van der Waals surface area contributed by atoms with Crippen LogP contribution in [-0.4, -0.2) is 23.8 Å². The van der Waals surface area contributed by atoms with Gasteiger partial charge in [0.05, 0.1) is 0 Å². The van der Waals surface area contributed by atoms with Crippen molar-refractivity contribution in [3.8, 4) is 0 Å².